The topological polar surface area (TPSA) is 35.2 Å². The third kappa shape index (κ3) is 4.48. The molecule has 0 bridgehead atoms. The zero-order chi connectivity index (χ0) is 15.2. The van der Waals surface area contributed by atoms with Crippen LogP contribution in [-0.2, 0) is 6.42 Å². The van der Waals surface area contributed by atoms with Crippen molar-refractivity contribution in [2.75, 3.05) is 6.61 Å². The molecule has 0 fully saturated rings. The minimum Gasteiger partial charge on any atom is -0.490 e. The van der Waals surface area contributed by atoms with Gasteiger partial charge in [-0.3, -0.25) is 0 Å². The van der Waals surface area contributed by atoms with Crippen LogP contribution in [0.4, 0.5) is 0 Å². The molecule has 0 aliphatic rings. The Hall–Kier alpha value is -1.51. The molecule has 1 unspecified atom stereocenters. The molecule has 112 valence electrons. The summed E-state index contributed by atoms with van der Waals surface area (Å²) in [6, 6.07) is 14.0. The fourth-order valence-electron chi connectivity index (χ4n) is 2.22. The summed E-state index contributed by atoms with van der Waals surface area (Å²) in [6.07, 6.45) is 2.26. The lowest BCUT2D eigenvalue weighted by Crippen LogP contribution is -2.19. The van der Waals surface area contributed by atoms with Crippen LogP contribution in [0.2, 0.25) is 5.02 Å². The third-order valence-electron chi connectivity index (χ3n) is 3.45. The highest BCUT2D eigenvalue weighted by atomic mass is 35.5. The predicted molar refractivity (Wildman–Crippen MR) is 89.0 cm³/mol. The van der Waals surface area contributed by atoms with Crippen molar-refractivity contribution in [3.63, 3.8) is 0 Å². The van der Waals surface area contributed by atoms with Crippen LogP contribution in [0.1, 0.15) is 36.1 Å². The molecule has 21 heavy (non-hydrogen) atoms. The van der Waals surface area contributed by atoms with Crippen LogP contribution in [0.15, 0.2) is 42.5 Å². The van der Waals surface area contributed by atoms with Crippen LogP contribution >= 0.6 is 11.6 Å². The molecule has 3 heteroatoms. The highest BCUT2D eigenvalue weighted by Gasteiger charge is 2.09. The second-order valence-electron chi connectivity index (χ2n) is 5.34. The van der Waals surface area contributed by atoms with Crippen LogP contribution in [0.25, 0.3) is 0 Å². The maximum Gasteiger partial charge on any atom is 0.138 e. The smallest absolute Gasteiger partial charge is 0.138 e. The average molecular weight is 304 g/mol. The van der Waals surface area contributed by atoms with Gasteiger partial charge in [-0.1, -0.05) is 55.3 Å². The number of ether oxygens (including phenoxy) is 1. The van der Waals surface area contributed by atoms with Gasteiger partial charge in [-0.15, -0.1) is 0 Å². The first kappa shape index (κ1) is 15.9. The van der Waals surface area contributed by atoms with Crippen molar-refractivity contribution in [3.8, 4) is 5.75 Å². The molecule has 0 aliphatic carbocycles. The summed E-state index contributed by atoms with van der Waals surface area (Å²) in [5.41, 5.74) is 9.72. The van der Waals surface area contributed by atoms with Gasteiger partial charge < -0.3 is 10.5 Å². The summed E-state index contributed by atoms with van der Waals surface area (Å²) >= 11 is 6.15. The van der Waals surface area contributed by atoms with Crippen LogP contribution in [0.5, 0.6) is 5.75 Å². The second kappa shape index (κ2) is 7.48. The van der Waals surface area contributed by atoms with Gasteiger partial charge in [0.15, 0.2) is 0 Å². The number of halogens is 1. The standard InChI is InChI=1S/C18H22ClNO/c1-3-4-14-6-8-15(9-7-14)17(20)12-21-18-10-5-13(2)11-16(18)19/h5-11,17H,3-4,12,20H2,1-2H3. The Morgan fingerprint density at radius 1 is 1.14 bits per heavy atom. The van der Waals surface area contributed by atoms with Crippen molar-refractivity contribution in [1.29, 1.82) is 0 Å². The Bertz CT molecular complexity index is 580. The van der Waals surface area contributed by atoms with E-state index < -0.39 is 0 Å². The van der Waals surface area contributed by atoms with Gasteiger partial charge in [0.05, 0.1) is 11.1 Å². The first-order valence-corrected chi connectivity index (χ1v) is 7.71. The minimum absolute atomic E-state index is 0.155. The molecular weight excluding hydrogens is 282 g/mol. The molecule has 2 nitrogen and oxygen atoms in total. The van der Waals surface area contributed by atoms with Gasteiger partial charge in [-0.2, -0.15) is 0 Å². The summed E-state index contributed by atoms with van der Waals surface area (Å²) < 4.78 is 5.73. The number of aryl methyl sites for hydroxylation is 2. The van der Waals surface area contributed by atoms with Crippen LogP contribution in [0.3, 0.4) is 0 Å². The number of hydrogen-bond acceptors (Lipinski definition) is 2. The first-order chi connectivity index (χ1) is 10.1. The molecule has 0 radical (unpaired) electrons. The van der Waals surface area contributed by atoms with E-state index in [9.17, 15) is 0 Å². The predicted octanol–water partition coefficient (Wildman–Crippen LogP) is 4.68. The molecule has 2 N–H and O–H groups in total. The monoisotopic (exact) mass is 303 g/mol. The van der Waals surface area contributed by atoms with Gasteiger partial charge in [0, 0.05) is 0 Å². The van der Waals surface area contributed by atoms with Gasteiger partial charge in [-0.25, -0.2) is 0 Å². The zero-order valence-electron chi connectivity index (χ0n) is 12.6. The van der Waals surface area contributed by atoms with Gasteiger partial charge in [0.1, 0.15) is 12.4 Å². The minimum atomic E-state index is -0.155. The van der Waals surface area contributed by atoms with Crippen molar-refractivity contribution in [2.24, 2.45) is 5.73 Å². The molecule has 2 aromatic rings. The van der Waals surface area contributed by atoms with E-state index in [4.69, 9.17) is 22.1 Å². The fourth-order valence-corrected chi connectivity index (χ4v) is 2.51. The maximum atomic E-state index is 6.18. The van der Waals surface area contributed by atoms with E-state index >= 15 is 0 Å². The Kier molecular flexibility index (Phi) is 5.66. The van der Waals surface area contributed by atoms with Gasteiger partial charge >= 0.3 is 0 Å². The van der Waals surface area contributed by atoms with Gasteiger partial charge in [0.2, 0.25) is 0 Å². The van der Waals surface area contributed by atoms with Gasteiger partial charge in [0.25, 0.3) is 0 Å². The largest absolute Gasteiger partial charge is 0.490 e. The molecule has 0 spiro atoms. The van der Waals surface area contributed by atoms with Gasteiger partial charge in [-0.05, 0) is 42.2 Å². The van der Waals surface area contributed by atoms with E-state index in [2.05, 4.69) is 31.2 Å². The van der Waals surface area contributed by atoms with E-state index in [1.165, 1.54) is 5.56 Å². The molecule has 1 atom stereocenters. The Morgan fingerprint density at radius 2 is 1.86 bits per heavy atom. The quantitative estimate of drug-likeness (QED) is 0.841. The molecule has 2 aromatic carbocycles. The number of benzene rings is 2. The molecule has 0 aliphatic heterocycles. The molecule has 0 aromatic heterocycles. The van der Waals surface area contributed by atoms with Crippen LogP contribution in [0, 0.1) is 6.92 Å². The summed E-state index contributed by atoms with van der Waals surface area (Å²) in [7, 11) is 0. The van der Waals surface area contributed by atoms with E-state index in [-0.39, 0.29) is 6.04 Å². The third-order valence-corrected chi connectivity index (χ3v) is 3.75. The maximum absolute atomic E-state index is 6.18. The lowest BCUT2D eigenvalue weighted by Gasteiger charge is -2.15. The Balaban J connectivity index is 1.96. The molecule has 0 saturated carbocycles. The van der Waals surface area contributed by atoms with Crippen LogP contribution < -0.4 is 10.5 Å². The lowest BCUT2D eigenvalue weighted by molar-refractivity contribution is 0.291. The molecular formula is C18H22ClNO. The van der Waals surface area contributed by atoms with Crippen molar-refractivity contribution in [2.45, 2.75) is 32.7 Å². The van der Waals surface area contributed by atoms with E-state index in [1.807, 2.05) is 25.1 Å². The number of nitrogens with two attached hydrogens (primary N) is 1. The van der Waals surface area contributed by atoms with Crippen molar-refractivity contribution in [3.05, 3.63) is 64.2 Å². The molecule has 2 rings (SSSR count). The van der Waals surface area contributed by atoms with Crippen molar-refractivity contribution in [1.82, 2.24) is 0 Å². The Morgan fingerprint density at radius 3 is 2.48 bits per heavy atom. The molecule has 0 heterocycles. The second-order valence-corrected chi connectivity index (χ2v) is 5.75. The summed E-state index contributed by atoms with van der Waals surface area (Å²) in [5, 5.41) is 0.625. The number of hydrogen-bond donors (Lipinski definition) is 1. The zero-order valence-corrected chi connectivity index (χ0v) is 13.4. The Labute approximate surface area is 131 Å². The van der Waals surface area contributed by atoms with Crippen LogP contribution in [-0.4, -0.2) is 6.61 Å². The normalized spacial score (nSPS) is 12.2. The lowest BCUT2D eigenvalue weighted by atomic mass is 10.0. The highest BCUT2D eigenvalue weighted by molar-refractivity contribution is 6.32. The van der Waals surface area contributed by atoms with Crippen molar-refractivity contribution >= 4 is 11.6 Å². The summed E-state index contributed by atoms with van der Waals surface area (Å²) in [4.78, 5) is 0. The summed E-state index contributed by atoms with van der Waals surface area (Å²) in [5.74, 6) is 0.681. The first-order valence-electron chi connectivity index (χ1n) is 7.33. The SMILES string of the molecule is CCCc1ccc(C(N)COc2ccc(C)cc2Cl)cc1. The number of rotatable bonds is 6. The van der Waals surface area contributed by atoms with E-state index in [1.54, 1.807) is 0 Å². The van der Waals surface area contributed by atoms with Crippen molar-refractivity contribution < 1.29 is 4.74 Å². The molecule has 0 saturated heterocycles. The van der Waals surface area contributed by atoms with E-state index in [0.29, 0.717) is 17.4 Å². The molecule has 0 amide bonds. The fraction of sp³-hybridized carbons (Fsp3) is 0.333. The average Bonchev–Trinajstić information content (AvgIpc) is 2.47. The summed E-state index contributed by atoms with van der Waals surface area (Å²) in [6.45, 7) is 4.59. The highest BCUT2D eigenvalue weighted by Crippen LogP contribution is 2.26. The van der Waals surface area contributed by atoms with E-state index in [0.717, 1.165) is 24.0 Å².